The molecule has 0 radical (unpaired) electrons. The van der Waals surface area contributed by atoms with Crippen LogP contribution in [0.15, 0.2) is 17.4 Å². The summed E-state index contributed by atoms with van der Waals surface area (Å²) in [6.07, 6.45) is 5.88. The summed E-state index contributed by atoms with van der Waals surface area (Å²) in [5.74, 6) is 0.0388. The lowest BCUT2D eigenvalue weighted by Crippen LogP contribution is -2.08. The second-order valence-electron chi connectivity index (χ2n) is 3.14. The third-order valence-corrected chi connectivity index (χ3v) is 2.47. The molecule has 0 heterocycles. The highest BCUT2D eigenvalue weighted by Gasteiger charge is 2.15. The van der Waals surface area contributed by atoms with Crippen LogP contribution in [0.5, 0.6) is 0 Å². The number of halogens is 1. The van der Waals surface area contributed by atoms with E-state index >= 15 is 0 Å². The van der Waals surface area contributed by atoms with E-state index in [-0.39, 0.29) is 11.2 Å². The van der Waals surface area contributed by atoms with E-state index in [0.29, 0.717) is 0 Å². The van der Waals surface area contributed by atoms with Crippen LogP contribution >= 0.6 is 11.6 Å². The molecule has 0 bridgehead atoms. The molecule has 12 heavy (non-hydrogen) atoms. The minimum Gasteiger partial charge on any atom is -0.294 e. The first-order chi connectivity index (χ1) is 5.70. The smallest absolute Gasteiger partial charge is 0.160 e. The van der Waals surface area contributed by atoms with Gasteiger partial charge in [-0.25, -0.2) is 0 Å². The van der Waals surface area contributed by atoms with Crippen molar-refractivity contribution in [3.05, 3.63) is 17.4 Å². The molecule has 66 valence electrons. The number of carbonyl (C=O) groups excluding carboxylic acids is 1. The largest absolute Gasteiger partial charge is 0.294 e. The maximum absolute atomic E-state index is 10.6. The molecule has 0 aromatic carbocycles. The van der Waals surface area contributed by atoms with Crippen molar-refractivity contribution >= 4 is 17.4 Å². The lowest BCUT2D eigenvalue weighted by atomic mass is 9.95. The third-order valence-electron chi connectivity index (χ3n) is 1.99. The molecule has 1 aliphatic rings. The van der Waals surface area contributed by atoms with E-state index in [1.165, 1.54) is 25.8 Å². The van der Waals surface area contributed by atoms with Gasteiger partial charge in [-0.1, -0.05) is 6.42 Å². The molecule has 0 aromatic rings. The first-order valence-corrected chi connectivity index (χ1v) is 4.74. The van der Waals surface area contributed by atoms with E-state index in [9.17, 15) is 4.79 Å². The van der Waals surface area contributed by atoms with Crippen LogP contribution in [-0.4, -0.2) is 11.2 Å². The highest BCUT2D eigenvalue weighted by Crippen LogP contribution is 2.26. The summed E-state index contributed by atoms with van der Waals surface area (Å²) in [6.45, 7) is 1.53. The minimum atomic E-state index is 0.0388. The zero-order chi connectivity index (χ0) is 8.97. The van der Waals surface area contributed by atoms with Gasteiger partial charge in [-0.05, 0) is 31.8 Å². The van der Waals surface area contributed by atoms with Crippen LogP contribution in [0.4, 0.5) is 0 Å². The molecule has 1 atom stereocenters. The number of hydrogen-bond donors (Lipinski definition) is 0. The van der Waals surface area contributed by atoms with Crippen LogP contribution in [0.2, 0.25) is 0 Å². The maximum Gasteiger partial charge on any atom is 0.160 e. The summed E-state index contributed by atoms with van der Waals surface area (Å²) in [5.41, 5.74) is 4.08. The Bertz CT molecular complexity index is 236. The lowest BCUT2D eigenvalue weighted by molar-refractivity contribution is -0.112. The summed E-state index contributed by atoms with van der Waals surface area (Å²) in [7, 11) is 0. The maximum atomic E-state index is 10.6. The normalized spacial score (nSPS) is 23.2. The van der Waals surface area contributed by atoms with E-state index in [0.717, 1.165) is 18.4 Å². The van der Waals surface area contributed by atoms with Gasteiger partial charge < -0.3 is 0 Å². The Labute approximate surface area is 78.1 Å². The second-order valence-corrected chi connectivity index (χ2v) is 3.66. The average molecular weight is 185 g/mol. The number of rotatable bonds is 1. The standard InChI is InChI=1S/C10H13ClO/c1-8(12)6-7-9-4-2-3-5-10(9)11/h6,10H,2-5H2,1H3/t7?,10-/m1/s1. The fraction of sp³-hybridized carbons (Fsp3) is 0.600. The molecule has 0 amide bonds. The Morgan fingerprint density at radius 3 is 3.00 bits per heavy atom. The predicted octanol–water partition coefficient (Wildman–Crippen LogP) is 2.84. The summed E-state index contributed by atoms with van der Waals surface area (Å²) in [4.78, 5) is 10.6. The predicted molar refractivity (Wildman–Crippen MR) is 50.4 cm³/mol. The SMILES string of the molecule is CC(=O)C=C=C1CCCC[C@H]1Cl. The van der Waals surface area contributed by atoms with E-state index in [2.05, 4.69) is 5.73 Å². The van der Waals surface area contributed by atoms with Crippen LogP contribution < -0.4 is 0 Å². The van der Waals surface area contributed by atoms with Gasteiger partial charge in [0.1, 0.15) is 0 Å². The van der Waals surface area contributed by atoms with Gasteiger partial charge in [0.15, 0.2) is 5.78 Å². The summed E-state index contributed by atoms with van der Waals surface area (Å²) in [5, 5.41) is 0.106. The first kappa shape index (κ1) is 9.57. The van der Waals surface area contributed by atoms with Crippen molar-refractivity contribution in [2.75, 3.05) is 0 Å². The van der Waals surface area contributed by atoms with Gasteiger partial charge in [0.05, 0.1) is 5.38 Å². The second kappa shape index (κ2) is 4.49. The monoisotopic (exact) mass is 184 g/mol. The molecule has 1 aliphatic carbocycles. The van der Waals surface area contributed by atoms with Gasteiger partial charge in [-0.15, -0.1) is 17.3 Å². The van der Waals surface area contributed by atoms with Gasteiger partial charge in [0.2, 0.25) is 0 Å². The number of carbonyl (C=O) groups is 1. The Balaban J connectivity index is 2.71. The topological polar surface area (TPSA) is 17.1 Å². The number of ketones is 1. The molecule has 1 fully saturated rings. The van der Waals surface area contributed by atoms with Crippen LogP contribution in [-0.2, 0) is 4.79 Å². The number of hydrogen-bond acceptors (Lipinski definition) is 1. The van der Waals surface area contributed by atoms with Crippen LogP contribution in [0.3, 0.4) is 0 Å². The highest BCUT2D eigenvalue weighted by molar-refractivity contribution is 6.22. The zero-order valence-corrected chi connectivity index (χ0v) is 8.03. The number of allylic oxidation sites excluding steroid dienone is 1. The van der Waals surface area contributed by atoms with Crippen molar-refractivity contribution in [2.24, 2.45) is 0 Å². The van der Waals surface area contributed by atoms with Crippen molar-refractivity contribution < 1.29 is 4.79 Å². The molecular weight excluding hydrogens is 172 g/mol. The first-order valence-electron chi connectivity index (χ1n) is 4.30. The molecule has 0 saturated heterocycles. The zero-order valence-electron chi connectivity index (χ0n) is 7.27. The molecule has 1 saturated carbocycles. The van der Waals surface area contributed by atoms with Crippen molar-refractivity contribution in [1.82, 2.24) is 0 Å². The summed E-state index contributed by atoms with van der Waals surface area (Å²) in [6, 6.07) is 0. The quantitative estimate of drug-likeness (QED) is 0.348. The van der Waals surface area contributed by atoms with Crippen molar-refractivity contribution in [3.63, 3.8) is 0 Å². The fourth-order valence-electron chi connectivity index (χ4n) is 1.33. The Kier molecular flexibility index (Phi) is 3.58. The van der Waals surface area contributed by atoms with Crippen LogP contribution in [0.1, 0.15) is 32.6 Å². The van der Waals surface area contributed by atoms with Crippen LogP contribution in [0, 0.1) is 0 Å². The van der Waals surface area contributed by atoms with Gasteiger partial charge in [0.25, 0.3) is 0 Å². The van der Waals surface area contributed by atoms with Gasteiger partial charge >= 0.3 is 0 Å². The molecule has 0 spiro atoms. The molecule has 1 rings (SSSR count). The fourth-order valence-corrected chi connectivity index (χ4v) is 1.65. The highest BCUT2D eigenvalue weighted by atomic mass is 35.5. The third kappa shape index (κ3) is 2.84. The Morgan fingerprint density at radius 1 is 1.67 bits per heavy atom. The average Bonchev–Trinajstić information content (AvgIpc) is 2.03. The lowest BCUT2D eigenvalue weighted by Gasteiger charge is -2.17. The van der Waals surface area contributed by atoms with Gasteiger partial charge in [-0.3, -0.25) is 4.79 Å². The van der Waals surface area contributed by atoms with E-state index < -0.39 is 0 Å². The van der Waals surface area contributed by atoms with E-state index in [1.54, 1.807) is 0 Å². The molecule has 0 N–H and O–H groups in total. The molecule has 0 aromatic heterocycles. The summed E-state index contributed by atoms with van der Waals surface area (Å²) < 4.78 is 0. The van der Waals surface area contributed by atoms with Gasteiger partial charge in [0, 0.05) is 6.08 Å². The van der Waals surface area contributed by atoms with Crippen LogP contribution in [0.25, 0.3) is 0 Å². The van der Waals surface area contributed by atoms with E-state index in [4.69, 9.17) is 11.6 Å². The Morgan fingerprint density at radius 2 is 2.42 bits per heavy atom. The van der Waals surface area contributed by atoms with Crippen molar-refractivity contribution in [1.29, 1.82) is 0 Å². The van der Waals surface area contributed by atoms with Gasteiger partial charge in [-0.2, -0.15) is 0 Å². The molecular formula is C10H13ClO. The van der Waals surface area contributed by atoms with Crippen molar-refractivity contribution in [2.45, 2.75) is 38.0 Å². The molecule has 1 nitrogen and oxygen atoms in total. The molecule has 2 heteroatoms. The molecule has 0 unspecified atom stereocenters. The van der Waals surface area contributed by atoms with E-state index in [1.807, 2.05) is 0 Å². The minimum absolute atomic E-state index is 0.0388. The molecule has 0 aliphatic heterocycles. The number of alkyl halides is 1. The summed E-state index contributed by atoms with van der Waals surface area (Å²) >= 11 is 6.04. The van der Waals surface area contributed by atoms with Crippen molar-refractivity contribution in [3.8, 4) is 0 Å². The Hall–Kier alpha value is -0.520.